The summed E-state index contributed by atoms with van der Waals surface area (Å²) in [5, 5.41) is 7.48. The lowest BCUT2D eigenvalue weighted by Gasteiger charge is -2.12. The molecule has 2 aromatic rings. The lowest BCUT2D eigenvalue weighted by molar-refractivity contribution is 0.602. The highest BCUT2D eigenvalue weighted by Crippen LogP contribution is 2.20. The van der Waals surface area contributed by atoms with Gasteiger partial charge in [0.15, 0.2) is 9.84 Å². The predicted molar refractivity (Wildman–Crippen MR) is 79.5 cm³/mol. The minimum absolute atomic E-state index is 0.328. The Morgan fingerprint density at radius 1 is 1.30 bits per heavy atom. The first-order valence-corrected chi connectivity index (χ1v) is 8.36. The summed E-state index contributed by atoms with van der Waals surface area (Å²) in [6.07, 6.45) is 2.98. The molecule has 1 N–H and O–H groups in total. The van der Waals surface area contributed by atoms with Crippen LogP contribution in [0.2, 0.25) is 0 Å². The van der Waals surface area contributed by atoms with Crippen molar-refractivity contribution in [2.75, 3.05) is 11.6 Å². The highest BCUT2D eigenvalue weighted by atomic mass is 32.2. The molecule has 0 radical (unpaired) electrons. The van der Waals surface area contributed by atoms with E-state index in [-0.39, 0.29) is 0 Å². The molecule has 5 nitrogen and oxygen atoms in total. The van der Waals surface area contributed by atoms with Crippen molar-refractivity contribution in [1.29, 1.82) is 0 Å². The number of hydrogen-bond acceptors (Lipinski definition) is 4. The summed E-state index contributed by atoms with van der Waals surface area (Å²) in [4.78, 5) is 0.328. The second kappa shape index (κ2) is 5.66. The molecule has 0 atom stereocenters. The molecule has 0 fully saturated rings. The molecule has 0 aliphatic heterocycles. The Morgan fingerprint density at radius 3 is 2.70 bits per heavy atom. The molecule has 0 unspecified atom stereocenters. The molecule has 0 amide bonds. The van der Waals surface area contributed by atoms with Crippen molar-refractivity contribution in [3.05, 3.63) is 41.7 Å². The molecule has 108 valence electrons. The SMILES string of the molecule is CCn1nccc1CNc1cc(S(C)(=O)=O)ccc1C. The topological polar surface area (TPSA) is 64.0 Å². The fraction of sp³-hybridized carbons (Fsp3) is 0.357. The second-order valence-corrected chi connectivity index (χ2v) is 6.76. The predicted octanol–water partition coefficient (Wildman–Crippen LogP) is 2.23. The average molecular weight is 293 g/mol. The minimum Gasteiger partial charge on any atom is -0.379 e. The number of aryl methyl sites for hydroxylation is 2. The Hall–Kier alpha value is -1.82. The van der Waals surface area contributed by atoms with E-state index in [9.17, 15) is 8.42 Å². The highest BCUT2D eigenvalue weighted by molar-refractivity contribution is 7.90. The third kappa shape index (κ3) is 3.19. The molecule has 1 aromatic carbocycles. The van der Waals surface area contributed by atoms with Crippen LogP contribution in [0.5, 0.6) is 0 Å². The molecule has 0 saturated heterocycles. The Labute approximate surface area is 119 Å². The second-order valence-electron chi connectivity index (χ2n) is 4.74. The van der Waals surface area contributed by atoms with Crippen LogP contribution >= 0.6 is 0 Å². The zero-order valence-electron chi connectivity index (χ0n) is 11.9. The third-order valence-corrected chi connectivity index (χ3v) is 4.31. The van der Waals surface area contributed by atoms with Crippen molar-refractivity contribution >= 4 is 15.5 Å². The molecule has 0 aliphatic carbocycles. The van der Waals surface area contributed by atoms with Crippen LogP contribution in [0.1, 0.15) is 18.2 Å². The number of nitrogens with one attached hydrogen (secondary N) is 1. The molecule has 1 aromatic heterocycles. The van der Waals surface area contributed by atoms with Gasteiger partial charge in [-0.05, 0) is 37.6 Å². The molecule has 0 bridgehead atoms. The first-order chi connectivity index (χ1) is 9.41. The number of anilines is 1. The minimum atomic E-state index is -3.18. The first-order valence-electron chi connectivity index (χ1n) is 6.47. The smallest absolute Gasteiger partial charge is 0.175 e. The van der Waals surface area contributed by atoms with Gasteiger partial charge in [-0.25, -0.2) is 8.42 Å². The molecule has 20 heavy (non-hydrogen) atoms. The molecule has 0 spiro atoms. The summed E-state index contributed by atoms with van der Waals surface area (Å²) in [6, 6.07) is 7.07. The zero-order valence-corrected chi connectivity index (χ0v) is 12.7. The Balaban J connectivity index is 2.21. The van der Waals surface area contributed by atoms with Gasteiger partial charge < -0.3 is 5.32 Å². The van der Waals surface area contributed by atoms with E-state index in [4.69, 9.17) is 0 Å². The van der Waals surface area contributed by atoms with Gasteiger partial charge in [0.2, 0.25) is 0 Å². The normalized spacial score (nSPS) is 11.6. The number of aromatic nitrogens is 2. The zero-order chi connectivity index (χ0) is 14.8. The summed E-state index contributed by atoms with van der Waals surface area (Å²) in [6.45, 7) is 5.41. The maximum Gasteiger partial charge on any atom is 0.175 e. The maximum absolute atomic E-state index is 11.6. The van der Waals surface area contributed by atoms with Crippen LogP contribution in [0.15, 0.2) is 35.4 Å². The monoisotopic (exact) mass is 293 g/mol. The van der Waals surface area contributed by atoms with E-state index in [2.05, 4.69) is 10.4 Å². The van der Waals surface area contributed by atoms with Crippen molar-refractivity contribution < 1.29 is 8.42 Å². The van der Waals surface area contributed by atoms with E-state index in [1.165, 1.54) is 6.26 Å². The molecular formula is C14H19N3O2S. The van der Waals surface area contributed by atoms with Crippen LogP contribution in [-0.4, -0.2) is 24.5 Å². The van der Waals surface area contributed by atoms with E-state index in [0.717, 1.165) is 23.5 Å². The van der Waals surface area contributed by atoms with E-state index in [1.54, 1.807) is 18.3 Å². The fourth-order valence-electron chi connectivity index (χ4n) is 2.00. The van der Waals surface area contributed by atoms with Gasteiger partial charge in [0.25, 0.3) is 0 Å². The number of hydrogen-bond donors (Lipinski definition) is 1. The molecule has 1 heterocycles. The molecule has 2 rings (SSSR count). The standard InChI is InChI=1S/C14H19N3O2S/c1-4-17-12(7-8-16-17)10-15-14-9-13(20(3,18)19)6-5-11(14)2/h5-9,15H,4,10H2,1-3H3. The number of benzene rings is 1. The van der Waals surface area contributed by atoms with Crippen LogP contribution in [0.4, 0.5) is 5.69 Å². The number of rotatable bonds is 5. The fourth-order valence-corrected chi connectivity index (χ4v) is 2.65. The summed E-state index contributed by atoms with van der Waals surface area (Å²) in [5.41, 5.74) is 2.91. The van der Waals surface area contributed by atoms with E-state index >= 15 is 0 Å². The van der Waals surface area contributed by atoms with Crippen molar-refractivity contribution in [2.24, 2.45) is 0 Å². The summed E-state index contributed by atoms with van der Waals surface area (Å²) < 4.78 is 25.1. The van der Waals surface area contributed by atoms with E-state index in [1.807, 2.05) is 30.7 Å². The van der Waals surface area contributed by atoms with E-state index in [0.29, 0.717) is 11.4 Å². The van der Waals surface area contributed by atoms with Crippen LogP contribution < -0.4 is 5.32 Å². The number of nitrogens with zero attached hydrogens (tertiary/aromatic N) is 2. The average Bonchev–Trinajstić information content (AvgIpc) is 2.83. The van der Waals surface area contributed by atoms with E-state index < -0.39 is 9.84 Å². The van der Waals surface area contributed by atoms with Gasteiger partial charge in [-0.2, -0.15) is 5.10 Å². The quantitative estimate of drug-likeness (QED) is 0.918. The molecule has 0 aliphatic rings. The Morgan fingerprint density at radius 2 is 2.05 bits per heavy atom. The van der Waals surface area contributed by atoms with Crippen molar-refractivity contribution in [1.82, 2.24) is 9.78 Å². The van der Waals surface area contributed by atoms with Crippen molar-refractivity contribution in [2.45, 2.75) is 31.8 Å². The van der Waals surface area contributed by atoms with Gasteiger partial charge in [-0.3, -0.25) is 4.68 Å². The van der Waals surface area contributed by atoms with Crippen molar-refractivity contribution in [3.63, 3.8) is 0 Å². The molecular weight excluding hydrogens is 274 g/mol. The molecule has 6 heteroatoms. The molecule has 0 saturated carbocycles. The third-order valence-electron chi connectivity index (χ3n) is 3.20. The number of sulfone groups is 1. The Kier molecular flexibility index (Phi) is 4.13. The van der Waals surface area contributed by atoms with Gasteiger partial charge in [-0.1, -0.05) is 6.07 Å². The lowest BCUT2D eigenvalue weighted by Crippen LogP contribution is -2.09. The van der Waals surface area contributed by atoms with Gasteiger partial charge >= 0.3 is 0 Å². The van der Waals surface area contributed by atoms with Gasteiger partial charge in [0.05, 0.1) is 17.1 Å². The first kappa shape index (κ1) is 14.6. The van der Waals surface area contributed by atoms with Crippen LogP contribution in [0.3, 0.4) is 0 Å². The highest BCUT2D eigenvalue weighted by Gasteiger charge is 2.09. The summed E-state index contributed by atoms with van der Waals surface area (Å²) in [7, 11) is -3.18. The Bertz CT molecular complexity index is 705. The van der Waals surface area contributed by atoms with Crippen LogP contribution in [-0.2, 0) is 22.9 Å². The van der Waals surface area contributed by atoms with Crippen molar-refractivity contribution in [3.8, 4) is 0 Å². The van der Waals surface area contributed by atoms with Crippen LogP contribution in [0.25, 0.3) is 0 Å². The lowest BCUT2D eigenvalue weighted by atomic mass is 10.2. The largest absolute Gasteiger partial charge is 0.379 e. The summed E-state index contributed by atoms with van der Waals surface area (Å²) >= 11 is 0. The van der Waals surface area contributed by atoms with Gasteiger partial charge in [-0.15, -0.1) is 0 Å². The van der Waals surface area contributed by atoms with Gasteiger partial charge in [0, 0.05) is 24.7 Å². The summed E-state index contributed by atoms with van der Waals surface area (Å²) in [5.74, 6) is 0. The van der Waals surface area contributed by atoms with Gasteiger partial charge in [0.1, 0.15) is 0 Å². The maximum atomic E-state index is 11.6. The van der Waals surface area contributed by atoms with Crippen LogP contribution in [0, 0.1) is 6.92 Å².